The molecule has 1 heterocycles. The number of H-pyrrole nitrogens is 1. The van der Waals surface area contributed by atoms with Gasteiger partial charge in [-0.1, -0.05) is 11.3 Å². The number of aryl methyl sites for hydroxylation is 2. The number of amides is 1. The van der Waals surface area contributed by atoms with E-state index in [0.717, 1.165) is 16.9 Å². The Balaban J connectivity index is 1.71. The van der Waals surface area contributed by atoms with Crippen molar-refractivity contribution in [1.29, 1.82) is 0 Å². The molecule has 2 aromatic rings. The van der Waals surface area contributed by atoms with E-state index in [1.165, 1.54) is 0 Å². The molecule has 0 saturated heterocycles. The van der Waals surface area contributed by atoms with Gasteiger partial charge in [-0.05, 0) is 37.1 Å². The van der Waals surface area contributed by atoms with Gasteiger partial charge in [0, 0.05) is 0 Å². The van der Waals surface area contributed by atoms with E-state index in [1.807, 2.05) is 26.0 Å². The van der Waals surface area contributed by atoms with Crippen LogP contribution < -0.4 is 10.1 Å². The zero-order chi connectivity index (χ0) is 14.4. The van der Waals surface area contributed by atoms with Gasteiger partial charge in [-0.2, -0.15) is 5.21 Å². The van der Waals surface area contributed by atoms with Crippen LogP contribution in [0.15, 0.2) is 18.2 Å². The summed E-state index contributed by atoms with van der Waals surface area (Å²) in [5.41, 5.74) is 2.28. The molecule has 1 aromatic carbocycles. The van der Waals surface area contributed by atoms with Crippen LogP contribution in [0.4, 0.5) is 0 Å². The summed E-state index contributed by atoms with van der Waals surface area (Å²) in [5, 5.41) is 15.9. The van der Waals surface area contributed by atoms with Crippen molar-refractivity contribution in [3.63, 3.8) is 0 Å². The lowest BCUT2D eigenvalue weighted by atomic mass is 10.1. The molecule has 0 aliphatic heterocycles. The molecule has 0 bridgehead atoms. The van der Waals surface area contributed by atoms with Crippen molar-refractivity contribution in [2.45, 2.75) is 26.8 Å². The summed E-state index contributed by atoms with van der Waals surface area (Å²) in [5.74, 6) is 1.13. The number of carbonyl (C=O) groups excluding carboxylic acids is 1. The molecule has 0 aliphatic carbocycles. The fraction of sp³-hybridized carbons (Fsp3) is 0.385. The summed E-state index contributed by atoms with van der Waals surface area (Å²) in [6.45, 7) is 4.62. The maximum Gasteiger partial charge on any atom is 0.223 e. The Morgan fingerprint density at radius 3 is 2.70 bits per heavy atom. The normalized spacial score (nSPS) is 10.3. The molecule has 0 aliphatic rings. The Morgan fingerprint density at radius 1 is 1.30 bits per heavy atom. The number of tetrazole rings is 1. The largest absolute Gasteiger partial charge is 0.493 e. The summed E-state index contributed by atoms with van der Waals surface area (Å²) in [4.78, 5) is 11.6. The molecule has 1 aromatic heterocycles. The van der Waals surface area contributed by atoms with Crippen LogP contribution in [0.25, 0.3) is 0 Å². The number of aromatic nitrogens is 4. The second-order valence-electron chi connectivity index (χ2n) is 4.53. The van der Waals surface area contributed by atoms with E-state index in [4.69, 9.17) is 4.74 Å². The number of hydrogen-bond donors (Lipinski definition) is 2. The van der Waals surface area contributed by atoms with Gasteiger partial charge in [0.15, 0.2) is 5.82 Å². The molecular weight excluding hydrogens is 258 g/mol. The second-order valence-corrected chi connectivity index (χ2v) is 4.53. The van der Waals surface area contributed by atoms with Crippen molar-refractivity contribution >= 4 is 5.91 Å². The third kappa shape index (κ3) is 4.34. The highest BCUT2D eigenvalue weighted by Gasteiger charge is 2.04. The number of nitrogens with zero attached hydrogens (tertiary/aromatic N) is 3. The van der Waals surface area contributed by atoms with Crippen LogP contribution in [0.3, 0.4) is 0 Å². The Hall–Kier alpha value is -2.44. The standard InChI is InChI=1S/C13H17N5O2/c1-9-5-10(2)7-11(6-9)20-4-3-13(19)14-8-12-15-17-18-16-12/h5-7H,3-4,8H2,1-2H3,(H,14,19)(H,15,16,17,18). The van der Waals surface area contributed by atoms with Gasteiger partial charge >= 0.3 is 0 Å². The molecule has 20 heavy (non-hydrogen) atoms. The Kier molecular flexibility index (Phi) is 4.65. The molecule has 0 radical (unpaired) electrons. The summed E-state index contributed by atoms with van der Waals surface area (Å²) in [7, 11) is 0. The highest BCUT2D eigenvalue weighted by atomic mass is 16.5. The van der Waals surface area contributed by atoms with E-state index in [0.29, 0.717) is 12.4 Å². The molecule has 1 amide bonds. The first-order valence-corrected chi connectivity index (χ1v) is 6.33. The highest BCUT2D eigenvalue weighted by Crippen LogP contribution is 2.16. The van der Waals surface area contributed by atoms with Gasteiger partial charge in [-0.3, -0.25) is 4.79 Å². The van der Waals surface area contributed by atoms with E-state index >= 15 is 0 Å². The maximum atomic E-state index is 11.6. The van der Waals surface area contributed by atoms with E-state index in [-0.39, 0.29) is 18.9 Å². The highest BCUT2D eigenvalue weighted by molar-refractivity contribution is 5.75. The zero-order valence-corrected chi connectivity index (χ0v) is 11.5. The smallest absolute Gasteiger partial charge is 0.223 e. The van der Waals surface area contributed by atoms with E-state index in [2.05, 4.69) is 32.0 Å². The number of hydrogen-bond acceptors (Lipinski definition) is 5. The predicted molar refractivity (Wildman–Crippen MR) is 72.1 cm³/mol. The van der Waals surface area contributed by atoms with Gasteiger partial charge in [0.25, 0.3) is 0 Å². The maximum absolute atomic E-state index is 11.6. The van der Waals surface area contributed by atoms with Crippen LogP contribution in [0.1, 0.15) is 23.4 Å². The van der Waals surface area contributed by atoms with Crippen LogP contribution in [-0.4, -0.2) is 33.1 Å². The van der Waals surface area contributed by atoms with Gasteiger partial charge in [-0.25, -0.2) is 0 Å². The molecule has 0 unspecified atom stereocenters. The number of carbonyl (C=O) groups is 1. The number of ether oxygens (including phenoxy) is 1. The van der Waals surface area contributed by atoms with E-state index in [1.54, 1.807) is 0 Å². The molecular formula is C13H17N5O2. The second kappa shape index (κ2) is 6.65. The SMILES string of the molecule is Cc1cc(C)cc(OCCC(=O)NCc2nn[nH]n2)c1. The van der Waals surface area contributed by atoms with Crippen molar-refractivity contribution < 1.29 is 9.53 Å². The lowest BCUT2D eigenvalue weighted by Gasteiger charge is -2.08. The molecule has 106 valence electrons. The monoisotopic (exact) mass is 275 g/mol. The molecule has 2 N–H and O–H groups in total. The Morgan fingerprint density at radius 2 is 2.05 bits per heavy atom. The first-order chi connectivity index (χ1) is 9.63. The minimum Gasteiger partial charge on any atom is -0.493 e. The first kappa shape index (κ1) is 14.0. The summed E-state index contributed by atoms with van der Waals surface area (Å²) in [6, 6.07) is 5.97. The minimum absolute atomic E-state index is 0.112. The van der Waals surface area contributed by atoms with Crippen molar-refractivity contribution in [3.05, 3.63) is 35.2 Å². The van der Waals surface area contributed by atoms with Gasteiger partial charge in [0.05, 0.1) is 19.6 Å². The number of nitrogens with one attached hydrogen (secondary N) is 2. The number of aromatic amines is 1. The topological polar surface area (TPSA) is 92.8 Å². The average molecular weight is 275 g/mol. The molecule has 7 nitrogen and oxygen atoms in total. The third-order valence-corrected chi connectivity index (χ3v) is 2.63. The Bertz CT molecular complexity index is 548. The number of rotatable bonds is 6. The van der Waals surface area contributed by atoms with Crippen molar-refractivity contribution in [3.8, 4) is 5.75 Å². The van der Waals surface area contributed by atoms with Crippen molar-refractivity contribution in [1.82, 2.24) is 25.9 Å². The van der Waals surface area contributed by atoms with Crippen LogP contribution in [0.5, 0.6) is 5.75 Å². The molecule has 0 spiro atoms. The van der Waals surface area contributed by atoms with Crippen LogP contribution in [-0.2, 0) is 11.3 Å². The van der Waals surface area contributed by atoms with Gasteiger partial charge < -0.3 is 10.1 Å². The van der Waals surface area contributed by atoms with Crippen LogP contribution in [0, 0.1) is 13.8 Å². The van der Waals surface area contributed by atoms with Crippen molar-refractivity contribution in [2.75, 3.05) is 6.61 Å². The van der Waals surface area contributed by atoms with Crippen LogP contribution >= 0.6 is 0 Å². The zero-order valence-electron chi connectivity index (χ0n) is 11.5. The van der Waals surface area contributed by atoms with Gasteiger partial charge in [0.1, 0.15) is 5.75 Å². The first-order valence-electron chi connectivity index (χ1n) is 6.33. The van der Waals surface area contributed by atoms with E-state index in [9.17, 15) is 4.79 Å². The minimum atomic E-state index is -0.112. The molecule has 0 saturated carbocycles. The third-order valence-electron chi connectivity index (χ3n) is 2.63. The predicted octanol–water partition coefficient (Wildman–Crippen LogP) is 0.902. The summed E-state index contributed by atoms with van der Waals surface area (Å²) < 4.78 is 5.56. The van der Waals surface area contributed by atoms with Gasteiger partial charge in [0.2, 0.25) is 5.91 Å². The lowest BCUT2D eigenvalue weighted by Crippen LogP contribution is -2.25. The summed E-state index contributed by atoms with van der Waals surface area (Å²) in [6.07, 6.45) is 0.283. The lowest BCUT2D eigenvalue weighted by molar-refractivity contribution is -0.121. The molecule has 7 heteroatoms. The Labute approximate surface area is 116 Å². The fourth-order valence-corrected chi connectivity index (χ4v) is 1.80. The number of benzene rings is 1. The van der Waals surface area contributed by atoms with Crippen LogP contribution in [0.2, 0.25) is 0 Å². The summed E-state index contributed by atoms with van der Waals surface area (Å²) >= 11 is 0. The quantitative estimate of drug-likeness (QED) is 0.817. The van der Waals surface area contributed by atoms with Gasteiger partial charge in [-0.15, -0.1) is 10.2 Å². The molecule has 2 rings (SSSR count). The van der Waals surface area contributed by atoms with Crippen molar-refractivity contribution in [2.24, 2.45) is 0 Å². The molecule has 0 atom stereocenters. The molecule has 0 fully saturated rings. The average Bonchev–Trinajstić information content (AvgIpc) is 2.88. The fourth-order valence-electron chi connectivity index (χ4n) is 1.80. The van der Waals surface area contributed by atoms with E-state index < -0.39 is 0 Å².